The van der Waals surface area contributed by atoms with E-state index in [0.717, 1.165) is 25.7 Å². The molecule has 0 radical (unpaired) electrons. The molecule has 4 heteroatoms. The van der Waals surface area contributed by atoms with Crippen LogP contribution in [0.5, 0.6) is 0 Å². The average molecular weight is 312 g/mol. The minimum Gasteiger partial charge on any atom is -0.468 e. The molecule has 128 valence electrons. The van der Waals surface area contributed by atoms with Crippen molar-refractivity contribution in [3.05, 3.63) is 0 Å². The van der Waals surface area contributed by atoms with Crippen molar-refractivity contribution in [3.8, 4) is 0 Å². The lowest BCUT2D eigenvalue weighted by Gasteiger charge is -2.38. The number of methoxy groups -OCH3 is 1. The molecule has 0 heterocycles. The highest BCUT2D eigenvalue weighted by Crippen LogP contribution is 2.37. The lowest BCUT2D eigenvalue weighted by molar-refractivity contribution is -0.183. The Labute approximate surface area is 134 Å². The van der Waals surface area contributed by atoms with Gasteiger partial charge in [0.1, 0.15) is 5.60 Å². The fourth-order valence-electron chi connectivity index (χ4n) is 3.28. The first-order valence-electron chi connectivity index (χ1n) is 8.59. The molecule has 1 atom stereocenters. The van der Waals surface area contributed by atoms with Crippen LogP contribution in [-0.4, -0.2) is 24.6 Å². The van der Waals surface area contributed by atoms with E-state index in [2.05, 4.69) is 0 Å². The zero-order chi connectivity index (χ0) is 16.8. The molecule has 4 nitrogen and oxygen atoms in total. The Morgan fingerprint density at radius 1 is 1.05 bits per heavy atom. The summed E-state index contributed by atoms with van der Waals surface area (Å²) in [5.41, 5.74) is -1.73. The summed E-state index contributed by atoms with van der Waals surface area (Å²) in [5, 5.41) is 0. The second kappa shape index (κ2) is 7.98. The predicted octanol–water partition coefficient (Wildman–Crippen LogP) is 4.26. The summed E-state index contributed by atoms with van der Waals surface area (Å²) in [6, 6.07) is 0. The molecular weight excluding hydrogens is 280 g/mol. The van der Waals surface area contributed by atoms with E-state index in [0.29, 0.717) is 12.3 Å². The minimum atomic E-state index is -1.20. The molecule has 1 unspecified atom stereocenters. The maximum atomic E-state index is 12.7. The van der Waals surface area contributed by atoms with Gasteiger partial charge in [-0.1, -0.05) is 39.0 Å². The van der Waals surface area contributed by atoms with Crippen molar-refractivity contribution in [3.63, 3.8) is 0 Å². The van der Waals surface area contributed by atoms with E-state index in [1.807, 2.05) is 20.8 Å². The van der Waals surface area contributed by atoms with Gasteiger partial charge in [-0.15, -0.1) is 0 Å². The van der Waals surface area contributed by atoms with Gasteiger partial charge in [-0.05, 0) is 46.0 Å². The summed E-state index contributed by atoms with van der Waals surface area (Å²) in [4.78, 5) is 24.8. The van der Waals surface area contributed by atoms with Crippen molar-refractivity contribution in [1.82, 2.24) is 0 Å². The van der Waals surface area contributed by atoms with E-state index in [1.54, 1.807) is 6.92 Å². The van der Waals surface area contributed by atoms with Crippen molar-refractivity contribution in [1.29, 1.82) is 0 Å². The standard InChI is InChI=1S/C18H32O4/c1-6-7-13-18(4,15(19)21-5)16(20)22-17(2,3)14-11-9-8-10-12-14/h14H,6-13H2,1-5H3. The zero-order valence-electron chi connectivity index (χ0n) is 14.9. The monoisotopic (exact) mass is 312 g/mol. The first-order valence-corrected chi connectivity index (χ1v) is 8.59. The maximum absolute atomic E-state index is 12.7. The highest BCUT2D eigenvalue weighted by molar-refractivity contribution is 5.99. The van der Waals surface area contributed by atoms with E-state index in [1.165, 1.54) is 26.4 Å². The second-order valence-electron chi connectivity index (χ2n) is 7.26. The third kappa shape index (κ3) is 4.47. The number of hydrogen-bond donors (Lipinski definition) is 0. The number of carbonyl (C=O) groups excluding carboxylic acids is 2. The smallest absolute Gasteiger partial charge is 0.323 e. The predicted molar refractivity (Wildman–Crippen MR) is 86.4 cm³/mol. The van der Waals surface area contributed by atoms with Crippen LogP contribution in [0.4, 0.5) is 0 Å². The summed E-state index contributed by atoms with van der Waals surface area (Å²) >= 11 is 0. The van der Waals surface area contributed by atoms with Crippen LogP contribution in [0.25, 0.3) is 0 Å². The highest BCUT2D eigenvalue weighted by atomic mass is 16.6. The van der Waals surface area contributed by atoms with E-state index >= 15 is 0 Å². The number of rotatable bonds is 7. The molecular formula is C18H32O4. The molecule has 0 saturated heterocycles. The number of carbonyl (C=O) groups is 2. The Bertz CT molecular complexity index is 383. The fourth-order valence-corrected chi connectivity index (χ4v) is 3.28. The van der Waals surface area contributed by atoms with Gasteiger partial charge < -0.3 is 9.47 Å². The van der Waals surface area contributed by atoms with Crippen LogP contribution in [0.2, 0.25) is 0 Å². The molecule has 22 heavy (non-hydrogen) atoms. The molecule has 0 aromatic rings. The summed E-state index contributed by atoms with van der Waals surface area (Å²) < 4.78 is 10.7. The molecule has 0 spiro atoms. The van der Waals surface area contributed by atoms with Crippen molar-refractivity contribution in [2.75, 3.05) is 7.11 Å². The fraction of sp³-hybridized carbons (Fsp3) is 0.889. The Morgan fingerprint density at radius 2 is 1.64 bits per heavy atom. The quantitative estimate of drug-likeness (QED) is 0.520. The van der Waals surface area contributed by atoms with Gasteiger partial charge in [-0.3, -0.25) is 9.59 Å². The third-order valence-electron chi connectivity index (χ3n) is 5.06. The Hall–Kier alpha value is -1.06. The molecule has 0 aromatic heterocycles. The van der Waals surface area contributed by atoms with Gasteiger partial charge in [-0.25, -0.2) is 0 Å². The summed E-state index contributed by atoms with van der Waals surface area (Å²) in [6.07, 6.45) is 8.00. The lowest BCUT2D eigenvalue weighted by atomic mass is 9.78. The van der Waals surface area contributed by atoms with Crippen LogP contribution in [0.1, 0.15) is 79.1 Å². The number of esters is 2. The van der Waals surface area contributed by atoms with Gasteiger partial charge in [0.05, 0.1) is 7.11 Å². The van der Waals surface area contributed by atoms with Crippen LogP contribution >= 0.6 is 0 Å². The van der Waals surface area contributed by atoms with Gasteiger partial charge in [-0.2, -0.15) is 0 Å². The molecule has 1 fully saturated rings. The van der Waals surface area contributed by atoms with Gasteiger partial charge in [0.15, 0.2) is 5.41 Å². The molecule has 0 aliphatic heterocycles. The van der Waals surface area contributed by atoms with E-state index in [9.17, 15) is 9.59 Å². The second-order valence-corrected chi connectivity index (χ2v) is 7.26. The van der Waals surface area contributed by atoms with Crippen LogP contribution < -0.4 is 0 Å². The van der Waals surface area contributed by atoms with Crippen molar-refractivity contribution >= 4 is 11.9 Å². The van der Waals surface area contributed by atoms with Crippen molar-refractivity contribution in [2.45, 2.75) is 84.7 Å². The molecule has 1 saturated carbocycles. The highest BCUT2D eigenvalue weighted by Gasteiger charge is 2.46. The average Bonchev–Trinajstić information content (AvgIpc) is 2.52. The summed E-state index contributed by atoms with van der Waals surface area (Å²) in [6.45, 7) is 7.62. The Morgan fingerprint density at radius 3 is 2.14 bits per heavy atom. The largest absolute Gasteiger partial charge is 0.468 e. The Balaban J connectivity index is 2.82. The number of hydrogen-bond acceptors (Lipinski definition) is 4. The van der Waals surface area contributed by atoms with Crippen LogP contribution in [0.15, 0.2) is 0 Å². The molecule has 1 aliphatic rings. The molecule has 0 amide bonds. The van der Waals surface area contributed by atoms with E-state index in [4.69, 9.17) is 9.47 Å². The molecule has 0 N–H and O–H groups in total. The third-order valence-corrected chi connectivity index (χ3v) is 5.06. The van der Waals surface area contributed by atoms with Gasteiger partial charge in [0, 0.05) is 0 Å². The minimum absolute atomic E-state index is 0.373. The van der Waals surface area contributed by atoms with Crippen molar-refractivity contribution in [2.24, 2.45) is 11.3 Å². The number of unbranched alkanes of at least 4 members (excludes halogenated alkanes) is 1. The van der Waals surface area contributed by atoms with Gasteiger partial charge in [0.25, 0.3) is 0 Å². The normalized spacial score (nSPS) is 19.3. The Kier molecular flexibility index (Phi) is 6.89. The summed E-state index contributed by atoms with van der Waals surface area (Å²) in [5.74, 6) is -0.563. The SMILES string of the molecule is CCCCC(C)(C(=O)OC)C(=O)OC(C)(C)C1CCCCC1. The van der Waals surface area contributed by atoms with E-state index in [-0.39, 0.29) is 0 Å². The topological polar surface area (TPSA) is 52.6 Å². The first-order chi connectivity index (χ1) is 10.3. The van der Waals surface area contributed by atoms with Crippen LogP contribution in [-0.2, 0) is 19.1 Å². The van der Waals surface area contributed by atoms with Crippen molar-refractivity contribution < 1.29 is 19.1 Å². The zero-order valence-corrected chi connectivity index (χ0v) is 14.9. The van der Waals surface area contributed by atoms with E-state index < -0.39 is 23.0 Å². The molecule has 1 rings (SSSR count). The molecule has 0 aromatic carbocycles. The van der Waals surface area contributed by atoms with Crippen LogP contribution in [0.3, 0.4) is 0 Å². The number of ether oxygens (including phenoxy) is 2. The molecule has 1 aliphatic carbocycles. The van der Waals surface area contributed by atoms with Crippen LogP contribution in [0, 0.1) is 11.3 Å². The first kappa shape index (κ1) is 19.0. The summed E-state index contributed by atoms with van der Waals surface area (Å²) in [7, 11) is 1.33. The van der Waals surface area contributed by atoms with Gasteiger partial charge >= 0.3 is 11.9 Å². The van der Waals surface area contributed by atoms with Gasteiger partial charge in [0.2, 0.25) is 0 Å². The lowest BCUT2D eigenvalue weighted by Crippen LogP contribution is -2.46. The molecule has 0 bridgehead atoms. The maximum Gasteiger partial charge on any atom is 0.323 e.